The number of benzene rings is 1. The fourth-order valence-electron chi connectivity index (χ4n) is 2.28. The van der Waals surface area contributed by atoms with Crippen LogP contribution >= 0.6 is 0 Å². The number of nitrogens with zero attached hydrogens (tertiary/aromatic N) is 1. The van der Waals surface area contributed by atoms with Gasteiger partial charge in [0.15, 0.2) is 6.39 Å². The minimum absolute atomic E-state index is 0.0814. The van der Waals surface area contributed by atoms with Gasteiger partial charge in [-0.15, -0.1) is 0 Å². The van der Waals surface area contributed by atoms with E-state index in [1.54, 1.807) is 19.1 Å². The highest BCUT2D eigenvalue weighted by Crippen LogP contribution is 2.20. The number of aromatic nitrogens is 1. The molecule has 7 heteroatoms. The van der Waals surface area contributed by atoms with E-state index in [0.717, 1.165) is 0 Å². The van der Waals surface area contributed by atoms with Crippen molar-refractivity contribution in [3.05, 3.63) is 64.9 Å². The van der Waals surface area contributed by atoms with E-state index in [9.17, 15) is 14.0 Å². The van der Waals surface area contributed by atoms with E-state index in [1.165, 1.54) is 30.7 Å². The van der Waals surface area contributed by atoms with Gasteiger partial charge < -0.3 is 15.1 Å². The smallest absolute Gasteiger partial charge is 0.271 e. The van der Waals surface area contributed by atoms with Crippen molar-refractivity contribution in [3.63, 3.8) is 0 Å². The minimum atomic E-state index is -0.580. The van der Waals surface area contributed by atoms with Crippen molar-refractivity contribution < 1.29 is 18.4 Å². The topological polar surface area (TPSA) is 84.2 Å². The number of nitrogens with one attached hydrogen (secondary N) is 2. The maximum absolute atomic E-state index is 13.8. The quantitative estimate of drug-likeness (QED) is 0.589. The van der Waals surface area contributed by atoms with Crippen molar-refractivity contribution in [2.75, 3.05) is 0 Å². The number of hydrogen-bond acceptors (Lipinski definition) is 4. The third-order valence-corrected chi connectivity index (χ3v) is 3.48. The van der Waals surface area contributed by atoms with Crippen LogP contribution in [-0.2, 0) is 9.59 Å². The van der Waals surface area contributed by atoms with Crippen molar-refractivity contribution in [2.24, 2.45) is 0 Å². The van der Waals surface area contributed by atoms with Crippen LogP contribution in [-0.4, -0.2) is 17.3 Å². The normalized spacial score (nSPS) is 12.2. The summed E-state index contributed by atoms with van der Waals surface area (Å²) >= 11 is 0. The lowest BCUT2D eigenvalue weighted by Gasteiger charge is -2.09. The molecule has 0 saturated carbocycles. The number of halogens is 1. The van der Waals surface area contributed by atoms with Gasteiger partial charge in [-0.25, -0.2) is 9.37 Å². The van der Waals surface area contributed by atoms with Crippen LogP contribution < -0.4 is 10.6 Å². The van der Waals surface area contributed by atoms with Gasteiger partial charge in [0.2, 0.25) is 6.41 Å². The summed E-state index contributed by atoms with van der Waals surface area (Å²) < 4.78 is 19.1. The van der Waals surface area contributed by atoms with E-state index in [4.69, 9.17) is 4.42 Å². The monoisotopic (exact) mass is 357 g/mol. The van der Waals surface area contributed by atoms with Crippen LogP contribution in [0.15, 0.2) is 46.5 Å². The lowest BCUT2D eigenvalue weighted by molar-refractivity contribution is -0.118. The first-order valence-corrected chi connectivity index (χ1v) is 8.01. The van der Waals surface area contributed by atoms with Gasteiger partial charge in [-0.2, -0.15) is 0 Å². The summed E-state index contributed by atoms with van der Waals surface area (Å²) in [6, 6.07) is 5.94. The van der Waals surface area contributed by atoms with Crippen LogP contribution in [0.25, 0.3) is 12.2 Å². The molecule has 0 aliphatic heterocycles. The first kappa shape index (κ1) is 19.1. The molecule has 2 aromatic rings. The predicted molar refractivity (Wildman–Crippen MR) is 96.0 cm³/mol. The molecule has 136 valence electrons. The molecule has 1 aromatic heterocycles. The molecular weight excluding hydrogens is 337 g/mol. The summed E-state index contributed by atoms with van der Waals surface area (Å²) in [6.45, 7) is 5.61. The molecule has 0 radical (unpaired) electrons. The van der Waals surface area contributed by atoms with Gasteiger partial charge in [0.05, 0.1) is 0 Å². The van der Waals surface area contributed by atoms with E-state index >= 15 is 0 Å². The molecule has 2 amide bonds. The Bertz CT molecular complexity index is 853. The van der Waals surface area contributed by atoms with E-state index in [2.05, 4.69) is 15.6 Å². The number of hydrogen-bond donors (Lipinski definition) is 2. The van der Waals surface area contributed by atoms with Crippen LogP contribution in [0.2, 0.25) is 0 Å². The van der Waals surface area contributed by atoms with E-state index in [-0.39, 0.29) is 17.2 Å². The van der Waals surface area contributed by atoms with E-state index in [0.29, 0.717) is 23.6 Å². The Balaban J connectivity index is 2.22. The first-order chi connectivity index (χ1) is 12.4. The van der Waals surface area contributed by atoms with Crippen molar-refractivity contribution in [1.82, 2.24) is 15.6 Å². The number of carbonyl (C=O) groups excluding carboxylic acids is 2. The number of amides is 2. The third-order valence-electron chi connectivity index (χ3n) is 3.48. The number of rotatable bonds is 7. The Morgan fingerprint density at radius 3 is 2.65 bits per heavy atom. The highest BCUT2D eigenvalue weighted by molar-refractivity contribution is 6.00. The van der Waals surface area contributed by atoms with Gasteiger partial charge in [0.1, 0.15) is 23.0 Å². The molecule has 0 atom stereocenters. The Hall–Kier alpha value is -3.22. The van der Waals surface area contributed by atoms with Crippen molar-refractivity contribution >= 4 is 24.5 Å². The summed E-state index contributed by atoms with van der Waals surface area (Å²) in [5, 5.41) is 4.93. The zero-order chi connectivity index (χ0) is 19.1. The van der Waals surface area contributed by atoms with Crippen LogP contribution in [0.5, 0.6) is 0 Å². The maximum atomic E-state index is 13.8. The molecule has 1 heterocycles. The second kappa shape index (κ2) is 8.75. The number of carbonyl (C=O) groups is 2. The van der Waals surface area contributed by atoms with Gasteiger partial charge >= 0.3 is 0 Å². The van der Waals surface area contributed by atoms with E-state index < -0.39 is 11.7 Å². The zero-order valence-corrected chi connectivity index (χ0v) is 14.7. The van der Waals surface area contributed by atoms with Crippen LogP contribution in [0, 0.1) is 5.82 Å². The third kappa shape index (κ3) is 4.89. The Kier molecular flexibility index (Phi) is 6.43. The van der Waals surface area contributed by atoms with Gasteiger partial charge in [0.25, 0.3) is 5.91 Å². The summed E-state index contributed by atoms with van der Waals surface area (Å²) in [4.78, 5) is 27.3. The average molecular weight is 357 g/mol. The van der Waals surface area contributed by atoms with Gasteiger partial charge in [-0.05, 0) is 25.1 Å². The number of oxazole rings is 1. The Morgan fingerprint density at radius 1 is 1.27 bits per heavy atom. The Morgan fingerprint density at radius 2 is 2.00 bits per heavy atom. The molecule has 0 unspecified atom stereocenters. The summed E-state index contributed by atoms with van der Waals surface area (Å²) in [5.74, 6) is -0.238. The summed E-state index contributed by atoms with van der Waals surface area (Å²) in [7, 11) is 0. The van der Waals surface area contributed by atoms with Gasteiger partial charge in [-0.1, -0.05) is 32.0 Å². The number of allylic oxidation sites excluding steroid dienone is 1. The van der Waals surface area contributed by atoms with Gasteiger partial charge in [-0.3, -0.25) is 9.59 Å². The molecule has 26 heavy (non-hydrogen) atoms. The molecule has 0 fully saturated rings. The van der Waals surface area contributed by atoms with Gasteiger partial charge in [0, 0.05) is 17.2 Å². The summed E-state index contributed by atoms with van der Waals surface area (Å²) in [5.41, 5.74) is 1.22. The van der Waals surface area contributed by atoms with Crippen LogP contribution in [0.1, 0.15) is 43.7 Å². The highest BCUT2D eigenvalue weighted by atomic mass is 19.1. The van der Waals surface area contributed by atoms with Crippen LogP contribution in [0.4, 0.5) is 4.39 Å². The molecule has 0 aliphatic rings. The molecule has 0 spiro atoms. The molecule has 2 rings (SSSR count). The molecule has 0 bridgehead atoms. The molecule has 0 saturated heterocycles. The molecular formula is C19H20FN3O3. The lowest BCUT2D eigenvalue weighted by Crippen LogP contribution is -2.30. The SMILES string of the molecule is C/C(=C/c1ncoc1C(C)C)NC(=O)/C(=C/c1ccccc1F)NC=O. The Labute approximate surface area is 150 Å². The zero-order valence-electron chi connectivity index (χ0n) is 14.7. The second-order valence-electron chi connectivity index (χ2n) is 5.88. The van der Waals surface area contributed by atoms with Crippen molar-refractivity contribution in [1.29, 1.82) is 0 Å². The second-order valence-corrected chi connectivity index (χ2v) is 5.88. The molecule has 2 N–H and O–H groups in total. The maximum Gasteiger partial charge on any atom is 0.271 e. The fraction of sp³-hybridized carbons (Fsp3) is 0.211. The molecule has 6 nitrogen and oxygen atoms in total. The van der Waals surface area contributed by atoms with Crippen molar-refractivity contribution in [2.45, 2.75) is 26.7 Å². The van der Waals surface area contributed by atoms with E-state index in [1.807, 2.05) is 13.8 Å². The minimum Gasteiger partial charge on any atom is -0.448 e. The fourth-order valence-corrected chi connectivity index (χ4v) is 2.28. The average Bonchev–Trinajstić information content (AvgIpc) is 3.04. The molecule has 0 aliphatic carbocycles. The molecule has 1 aromatic carbocycles. The highest BCUT2D eigenvalue weighted by Gasteiger charge is 2.13. The predicted octanol–water partition coefficient (Wildman–Crippen LogP) is 3.20. The largest absolute Gasteiger partial charge is 0.448 e. The van der Waals surface area contributed by atoms with Crippen LogP contribution in [0.3, 0.4) is 0 Å². The summed E-state index contributed by atoms with van der Waals surface area (Å²) in [6.07, 6.45) is 4.63. The van der Waals surface area contributed by atoms with Crippen molar-refractivity contribution in [3.8, 4) is 0 Å². The first-order valence-electron chi connectivity index (χ1n) is 8.01. The lowest BCUT2D eigenvalue weighted by atomic mass is 10.1. The standard InChI is InChI=1S/C19H20FN3O3/c1-12(2)18-16(22-11-26-18)8-13(3)23-19(25)17(21-10-24)9-14-6-4-5-7-15(14)20/h4-12H,1-3H3,(H,21,24)(H,23,25)/b13-8-,17-9-.